The summed E-state index contributed by atoms with van der Waals surface area (Å²) in [5.41, 5.74) is -0.609. The number of nitrogens with one attached hydrogen (secondary N) is 1. The summed E-state index contributed by atoms with van der Waals surface area (Å²) >= 11 is 0. The fourth-order valence-corrected chi connectivity index (χ4v) is 2.93. The maximum Gasteiger partial charge on any atom is 0.338 e. The van der Waals surface area contributed by atoms with Crippen LogP contribution in [0.4, 0.5) is 11.5 Å². The third kappa shape index (κ3) is 3.99. The Morgan fingerprint density at radius 3 is 2.70 bits per heavy atom. The average molecular weight is 412 g/mol. The van der Waals surface area contributed by atoms with Gasteiger partial charge in [-0.15, -0.1) is 0 Å². The molecule has 0 radical (unpaired) electrons. The number of amides is 3. The number of esters is 1. The van der Waals surface area contributed by atoms with E-state index in [0.717, 1.165) is 11.0 Å². The molecule has 0 atom stereocenters. The Morgan fingerprint density at radius 2 is 2.00 bits per heavy atom. The lowest BCUT2D eigenvalue weighted by Crippen LogP contribution is -2.33. The fourth-order valence-electron chi connectivity index (χ4n) is 2.93. The second kappa shape index (κ2) is 8.47. The molecule has 1 N–H and O–H groups in total. The summed E-state index contributed by atoms with van der Waals surface area (Å²) < 4.78 is 4.87. The van der Waals surface area contributed by atoms with E-state index in [4.69, 9.17) is 4.74 Å². The van der Waals surface area contributed by atoms with Crippen LogP contribution in [0.5, 0.6) is 0 Å². The molecule has 1 aliphatic rings. The Morgan fingerprint density at radius 1 is 1.23 bits per heavy atom. The fraction of sp³-hybridized carbons (Fsp3) is 0.211. The standard InChI is InChI=1S/C19H16N4O7/c1-2-30-19(27)11-6-8-20-14(10-11)21-15(24)7-9-22-17(25)12-4-3-5-13(23(28)29)16(12)18(22)26/h3-6,8,10H,2,7,9H2,1H3,(H,20,21,24). The van der Waals surface area contributed by atoms with Crippen LogP contribution in [-0.2, 0) is 9.53 Å². The van der Waals surface area contributed by atoms with Crippen molar-refractivity contribution in [2.75, 3.05) is 18.5 Å². The topological polar surface area (TPSA) is 149 Å². The molecule has 11 heteroatoms. The number of hydrogen-bond acceptors (Lipinski definition) is 8. The normalized spacial score (nSPS) is 12.5. The van der Waals surface area contributed by atoms with E-state index >= 15 is 0 Å². The van der Waals surface area contributed by atoms with Gasteiger partial charge in [0.25, 0.3) is 17.5 Å². The molecule has 0 spiro atoms. The molecule has 154 valence electrons. The highest BCUT2D eigenvalue weighted by molar-refractivity contribution is 6.23. The van der Waals surface area contributed by atoms with Crippen molar-refractivity contribution in [2.24, 2.45) is 0 Å². The first-order valence-electron chi connectivity index (χ1n) is 8.90. The summed E-state index contributed by atoms with van der Waals surface area (Å²) in [5, 5.41) is 13.6. The van der Waals surface area contributed by atoms with Gasteiger partial charge in [0, 0.05) is 25.2 Å². The van der Waals surface area contributed by atoms with Crippen molar-refractivity contribution in [3.8, 4) is 0 Å². The number of imide groups is 1. The first kappa shape index (κ1) is 20.6. The Labute approximate surface area is 169 Å². The van der Waals surface area contributed by atoms with E-state index in [2.05, 4.69) is 10.3 Å². The molecule has 0 saturated heterocycles. The summed E-state index contributed by atoms with van der Waals surface area (Å²) in [4.78, 5) is 64.0. The average Bonchev–Trinajstić information content (AvgIpc) is 2.97. The number of pyridine rings is 1. The van der Waals surface area contributed by atoms with Crippen LogP contribution in [0.1, 0.15) is 44.4 Å². The van der Waals surface area contributed by atoms with Gasteiger partial charge in [0.2, 0.25) is 5.91 Å². The molecular formula is C19H16N4O7. The minimum Gasteiger partial charge on any atom is -0.462 e. The summed E-state index contributed by atoms with van der Waals surface area (Å²) in [5.74, 6) is -2.55. The quantitative estimate of drug-likeness (QED) is 0.313. The van der Waals surface area contributed by atoms with Crippen molar-refractivity contribution in [2.45, 2.75) is 13.3 Å². The highest BCUT2D eigenvalue weighted by Crippen LogP contribution is 2.30. The minimum absolute atomic E-state index is 0.0709. The number of ether oxygens (including phenoxy) is 1. The van der Waals surface area contributed by atoms with Gasteiger partial charge in [-0.2, -0.15) is 0 Å². The molecule has 0 bridgehead atoms. The summed E-state index contributed by atoms with van der Waals surface area (Å²) in [6, 6.07) is 6.55. The van der Waals surface area contributed by atoms with Crippen LogP contribution in [0, 0.1) is 10.1 Å². The van der Waals surface area contributed by atoms with E-state index in [1.165, 1.54) is 30.5 Å². The molecule has 0 unspecified atom stereocenters. The largest absolute Gasteiger partial charge is 0.462 e. The van der Waals surface area contributed by atoms with Gasteiger partial charge in [-0.25, -0.2) is 9.78 Å². The van der Waals surface area contributed by atoms with Gasteiger partial charge in [-0.3, -0.25) is 29.4 Å². The molecule has 2 heterocycles. The molecular weight excluding hydrogens is 396 g/mol. The smallest absolute Gasteiger partial charge is 0.338 e. The van der Waals surface area contributed by atoms with Gasteiger partial charge >= 0.3 is 5.97 Å². The van der Waals surface area contributed by atoms with Crippen molar-refractivity contribution >= 4 is 35.2 Å². The molecule has 1 aliphatic heterocycles. The van der Waals surface area contributed by atoms with Crippen LogP contribution in [0.3, 0.4) is 0 Å². The minimum atomic E-state index is -0.822. The number of aromatic nitrogens is 1. The monoisotopic (exact) mass is 412 g/mol. The highest BCUT2D eigenvalue weighted by Gasteiger charge is 2.40. The number of hydrogen-bond donors (Lipinski definition) is 1. The maximum atomic E-state index is 12.5. The summed E-state index contributed by atoms with van der Waals surface area (Å²) in [7, 11) is 0. The molecule has 3 rings (SSSR count). The zero-order chi connectivity index (χ0) is 21.8. The first-order chi connectivity index (χ1) is 14.3. The van der Waals surface area contributed by atoms with Gasteiger partial charge in [0.1, 0.15) is 11.4 Å². The van der Waals surface area contributed by atoms with E-state index in [9.17, 15) is 29.3 Å². The van der Waals surface area contributed by atoms with Gasteiger partial charge in [0.05, 0.1) is 22.7 Å². The second-order valence-corrected chi connectivity index (χ2v) is 6.17. The molecule has 11 nitrogen and oxygen atoms in total. The third-order valence-electron chi connectivity index (χ3n) is 4.27. The van der Waals surface area contributed by atoms with Crippen LogP contribution in [0.25, 0.3) is 0 Å². The molecule has 30 heavy (non-hydrogen) atoms. The van der Waals surface area contributed by atoms with E-state index < -0.39 is 34.3 Å². The number of carbonyl (C=O) groups excluding carboxylic acids is 4. The van der Waals surface area contributed by atoms with E-state index in [-0.39, 0.29) is 42.1 Å². The van der Waals surface area contributed by atoms with Gasteiger partial charge in [-0.1, -0.05) is 6.07 Å². The Balaban J connectivity index is 1.66. The zero-order valence-electron chi connectivity index (χ0n) is 15.8. The SMILES string of the molecule is CCOC(=O)c1ccnc(NC(=O)CCN2C(=O)c3cccc([N+](=O)[O-])c3C2=O)c1. The number of nitrogens with zero attached hydrogens (tertiary/aromatic N) is 3. The van der Waals surface area contributed by atoms with Crippen LogP contribution in [0.2, 0.25) is 0 Å². The van der Waals surface area contributed by atoms with Crippen LogP contribution in [-0.4, -0.2) is 51.6 Å². The second-order valence-electron chi connectivity index (χ2n) is 6.17. The molecule has 1 aromatic heterocycles. The number of nitro groups is 1. The van der Waals surface area contributed by atoms with Gasteiger partial charge in [0.15, 0.2) is 0 Å². The van der Waals surface area contributed by atoms with Crippen LogP contribution < -0.4 is 5.32 Å². The summed E-state index contributed by atoms with van der Waals surface area (Å²) in [6.45, 7) is 1.59. The van der Waals surface area contributed by atoms with Crippen molar-refractivity contribution in [3.63, 3.8) is 0 Å². The molecule has 2 aromatic rings. The highest BCUT2D eigenvalue weighted by atomic mass is 16.6. The van der Waals surface area contributed by atoms with E-state index in [1.807, 2.05) is 0 Å². The first-order valence-corrected chi connectivity index (χ1v) is 8.90. The van der Waals surface area contributed by atoms with Crippen LogP contribution >= 0.6 is 0 Å². The Kier molecular flexibility index (Phi) is 5.81. The number of carbonyl (C=O) groups is 4. The van der Waals surface area contributed by atoms with Crippen molar-refractivity contribution < 1.29 is 28.8 Å². The number of fused-ring (bicyclic) bond motifs is 1. The van der Waals surface area contributed by atoms with Crippen molar-refractivity contribution in [1.82, 2.24) is 9.88 Å². The maximum absolute atomic E-state index is 12.5. The number of rotatable bonds is 7. The van der Waals surface area contributed by atoms with Crippen LogP contribution in [0.15, 0.2) is 36.5 Å². The molecule has 3 amide bonds. The van der Waals surface area contributed by atoms with E-state index in [1.54, 1.807) is 6.92 Å². The molecule has 0 fully saturated rings. The van der Waals surface area contributed by atoms with Gasteiger partial charge in [-0.05, 0) is 25.1 Å². The lowest BCUT2D eigenvalue weighted by atomic mass is 10.1. The zero-order valence-corrected chi connectivity index (χ0v) is 15.8. The lowest BCUT2D eigenvalue weighted by Gasteiger charge is -2.13. The predicted molar refractivity (Wildman–Crippen MR) is 102 cm³/mol. The Hall–Kier alpha value is -4.15. The molecule has 1 aromatic carbocycles. The number of benzene rings is 1. The van der Waals surface area contributed by atoms with Gasteiger partial charge < -0.3 is 10.1 Å². The van der Waals surface area contributed by atoms with Crippen molar-refractivity contribution in [1.29, 1.82) is 0 Å². The Bertz CT molecular complexity index is 1070. The number of nitro benzene ring substituents is 1. The van der Waals surface area contributed by atoms with E-state index in [0.29, 0.717) is 0 Å². The number of anilines is 1. The molecule has 0 saturated carbocycles. The van der Waals surface area contributed by atoms with Crippen molar-refractivity contribution in [3.05, 3.63) is 63.3 Å². The lowest BCUT2D eigenvalue weighted by molar-refractivity contribution is -0.385. The predicted octanol–water partition coefficient (Wildman–Crippen LogP) is 1.79. The summed E-state index contributed by atoms with van der Waals surface area (Å²) in [6.07, 6.45) is 1.07. The third-order valence-corrected chi connectivity index (χ3v) is 4.27. The molecule has 0 aliphatic carbocycles.